The molecule has 0 bridgehead atoms. The molecule has 6 nitrogen and oxygen atoms in total. The van der Waals surface area contributed by atoms with Gasteiger partial charge in [-0.05, 0) is 42.1 Å². The second-order valence-corrected chi connectivity index (χ2v) is 7.41. The topological polar surface area (TPSA) is 67.9 Å². The Balaban J connectivity index is 1.74. The Morgan fingerprint density at radius 1 is 0.969 bits per heavy atom. The summed E-state index contributed by atoms with van der Waals surface area (Å²) in [5, 5.41) is 4.74. The summed E-state index contributed by atoms with van der Waals surface area (Å²) in [4.78, 5) is 27.9. The highest BCUT2D eigenvalue weighted by Gasteiger charge is 2.23. The summed E-state index contributed by atoms with van der Waals surface area (Å²) in [5.74, 6) is 0.235. The van der Waals surface area contributed by atoms with Crippen molar-refractivity contribution in [2.75, 3.05) is 32.9 Å². The zero-order valence-corrected chi connectivity index (χ0v) is 18.0. The van der Waals surface area contributed by atoms with Crippen LogP contribution in [-0.4, -0.2) is 49.6 Å². The largest absolute Gasteiger partial charge is 0.493 e. The summed E-state index contributed by atoms with van der Waals surface area (Å²) in [5.41, 5.74) is 1.55. The lowest BCUT2D eigenvalue weighted by Gasteiger charge is -2.28. The molecule has 0 radical (unpaired) electrons. The fraction of sp³-hybridized carbons (Fsp3) is 0.231. The van der Waals surface area contributed by atoms with Crippen molar-refractivity contribution in [1.29, 1.82) is 0 Å². The van der Waals surface area contributed by atoms with Gasteiger partial charge < -0.3 is 19.7 Å². The first-order valence-electron chi connectivity index (χ1n) is 10.8. The quantitative estimate of drug-likeness (QED) is 0.603. The predicted octanol–water partition coefficient (Wildman–Crippen LogP) is 3.87. The molecule has 1 N–H and O–H groups in total. The SMILES string of the molecule is CCOc1ccc(C=C(NC(=O)c2ccccc2)C(=O)N2CCOCC2)c2ccccc12. The van der Waals surface area contributed by atoms with E-state index in [1.165, 1.54) is 0 Å². The number of ether oxygens (including phenoxy) is 2. The standard InChI is InChI=1S/C26H26N2O4/c1-2-32-24-13-12-20(21-10-6-7-11-22(21)24)18-23(26(30)28-14-16-31-17-15-28)27-25(29)19-8-4-3-5-9-19/h3-13,18H,2,14-17H2,1H3,(H,27,29). The van der Waals surface area contributed by atoms with E-state index >= 15 is 0 Å². The van der Waals surface area contributed by atoms with E-state index in [4.69, 9.17) is 9.47 Å². The van der Waals surface area contributed by atoms with Crippen LogP contribution in [0.1, 0.15) is 22.8 Å². The lowest BCUT2D eigenvalue weighted by Crippen LogP contribution is -2.44. The molecule has 0 saturated carbocycles. The summed E-state index contributed by atoms with van der Waals surface area (Å²) < 4.78 is 11.1. The van der Waals surface area contributed by atoms with Crippen LogP contribution in [0.2, 0.25) is 0 Å². The van der Waals surface area contributed by atoms with E-state index in [1.807, 2.05) is 49.4 Å². The van der Waals surface area contributed by atoms with Gasteiger partial charge in [0.05, 0.1) is 19.8 Å². The van der Waals surface area contributed by atoms with Gasteiger partial charge in [0.15, 0.2) is 0 Å². The van der Waals surface area contributed by atoms with E-state index < -0.39 is 0 Å². The molecule has 2 amide bonds. The number of hydrogen-bond acceptors (Lipinski definition) is 4. The minimum absolute atomic E-state index is 0.226. The molecule has 1 saturated heterocycles. The Kier molecular flexibility index (Phi) is 6.82. The number of fused-ring (bicyclic) bond motifs is 1. The number of amides is 2. The molecule has 4 rings (SSSR count). The molecule has 0 unspecified atom stereocenters. The van der Waals surface area contributed by atoms with Crippen molar-refractivity contribution in [2.24, 2.45) is 0 Å². The molecule has 164 valence electrons. The molecule has 1 aliphatic heterocycles. The number of carbonyl (C=O) groups excluding carboxylic acids is 2. The number of nitrogens with zero attached hydrogens (tertiary/aromatic N) is 1. The molecular weight excluding hydrogens is 404 g/mol. The zero-order chi connectivity index (χ0) is 22.3. The van der Waals surface area contributed by atoms with Crippen molar-refractivity contribution in [3.63, 3.8) is 0 Å². The van der Waals surface area contributed by atoms with E-state index in [2.05, 4.69) is 5.32 Å². The Labute approximate surface area is 187 Å². The Morgan fingerprint density at radius 3 is 2.38 bits per heavy atom. The number of hydrogen-bond donors (Lipinski definition) is 1. The van der Waals surface area contributed by atoms with Crippen LogP contribution in [0.25, 0.3) is 16.8 Å². The summed E-state index contributed by atoms with van der Waals surface area (Å²) in [6.07, 6.45) is 1.75. The monoisotopic (exact) mass is 430 g/mol. The van der Waals surface area contributed by atoms with Gasteiger partial charge in [-0.2, -0.15) is 0 Å². The van der Waals surface area contributed by atoms with Crippen LogP contribution in [0.4, 0.5) is 0 Å². The maximum Gasteiger partial charge on any atom is 0.270 e. The first-order chi connectivity index (χ1) is 15.7. The van der Waals surface area contributed by atoms with E-state index in [0.717, 1.165) is 22.1 Å². The Hall–Kier alpha value is -3.64. The van der Waals surface area contributed by atoms with Crippen LogP contribution >= 0.6 is 0 Å². The van der Waals surface area contributed by atoms with Gasteiger partial charge in [0.2, 0.25) is 0 Å². The van der Waals surface area contributed by atoms with Crippen molar-refractivity contribution in [3.8, 4) is 5.75 Å². The average Bonchev–Trinajstić information content (AvgIpc) is 2.85. The van der Waals surface area contributed by atoms with E-state index in [-0.39, 0.29) is 17.5 Å². The summed E-state index contributed by atoms with van der Waals surface area (Å²) in [6, 6.07) is 20.6. The molecule has 1 aliphatic rings. The van der Waals surface area contributed by atoms with E-state index in [0.29, 0.717) is 38.5 Å². The third kappa shape index (κ3) is 4.81. The van der Waals surface area contributed by atoms with Gasteiger partial charge in [-0.3, -0.25) is 9.59 Å². The van der Waals surface area contributed by atoms with Crippen molar-refractivity contribution in [3.05, 3.63) is 83.6 Å². The van der Waals surface area contributed by atoms with Gasteiger partial charge in [0.1, 0.15) is 11.4 Å². The second kappa shape index (κ2) is 10.1. The van der Waals surface area contributed by atoms with Gasteiger partial charge >= 0.3 is 0 Å². The molecule has 0 aliphatic carbocycles. The van der Waals surface area contributed by atoms with Gasteiger partial charge in [-0.15, -0.1) is 0 Å². The third-order valence-electron chi connectivity index (χ3n) is 5.33. The Bertz CT molecular complexity index is 1140. The summed E-state index contributed by atoms with van der Waals surface area (Å²) >= 11 is 0. The van der Waals surface area contributed by atoms with Crippen molar-refractivity contribution < 1.29 is 19.1 Å². The van der Waals surface area contributed by atoms with Crippen LogP contribution in [0, 0.1) is 0 Å². The molecule has 3 aromatic rings. The van der Waals surface area contributed by atoms with Gasteiger partial charge in [-0.25, -0.2) is 0 Å². The van der Waals surface area contributed by atoms with Gasteiger partial charge in [0.25, 0.3) is 11.8 Å². The van der Waals surface area contributed by atoms with Crippen molar-refractivity contribution in [2.45, 2.75) is 6.92 Å². The fourth-order valence-electron chi connectivity index (χ4n) is 3.73. The maximum atomic E-state index is 13.3. The highest BCUT2D eigenvalue weighted by Crippen LogP contribution is 2.30. The molecule has 6 heteroatoms. The number of nitrogens with one attached hydrogen (secondary N) is 1. The molecule has 0 atom stereocenters. The van der Waals surface area contributed by atoms with Crippen molar-refractivity contribution >= 4 is 28.7 Å². The lowest BCUT2D eigenvalue weighted by molar-refractivity contribution is -0.131. The number of rotatable bonds is 6. The van der Waals surface area contributed by atoms with Crippen LogP contribution in [0.15, 0.2) is 72.4 Å². The van der Waals surface area contributed by atoms with E-state index in [9.17, 15) is 9.59 Å². The maximum absolute atomic E-state index is 13.3. The predicted molar refractivity (Wildman–Crippen MR) is 124 cm³/mol. The van der Waals surface area contributed by atoms with E-state index in [1.54, 1.807) is 35.2 Å². The number of benzene rings is 3. The molecule has 1 fully saturated rings. The molecule has 0 spiro atoms. The highest BCUT2D eigenvalue weighted by molar-refractivity contribution is 6.07. The first kappa shape index (κ1) is 21.6. The van der Waals surface area contributed by atoms with Crippen LogP contribution in [0.3, 0.4) is 0 Å². The fourth-order valence-corrected chi connectivity index (χ4v) is 3.73. The van der Waals surface area contributed by atoms with Crippen LogP contribution in [-0.2, 0) is 9.53 Å². The summed E-state index contributed by atoms with van der Waals surface area (Å²) in [6.45, 7) is 4.45. The minimum atomic E-state index is -0.325. The zero-order valence-electron chi connectivity index (χ0n) is 18.0. The second-order valence-electron chi connectivity index (χ2n) is 7.41. The average molecular weight is 431 g/mol. The molecule has 32 heavy (non-hydrogen) atoms. The van der Waals surface area contributed by atoms with Crippen molar-refractivity contribution in [1.82, 2.24) is 10.2 Å². The smallest absolute Gasteiger partial charge is 0.270 e. The van der Waals surface area contributed by atoms with Gasteiger partial charge in [0, 0.05) is 24.0 Å². The molecule has 0 aromatic heterocycles. The lowest BCUT2D eigenvalue weighted by atomic mass is 10.0. The third-order valence-corrected chi connectivity index (χ3v) is 5.33. The first-order valence-corrected chi connectivity index (χ1v) is 10.8. The molecule has 3 aromatic carbocycles. The van der Waals surface area contributed by atoms with Gasteiger partial charge in [-0.1, -0.05) is 48.5 Å². The molecular formula is C26H26N2O4. The normalized spacial score (nSPS) is 14.3. The van der Waals surface area contributed by atoms with Crippen LogP contribution < -0.4 is 10.1 Å². The molecule has 1 heterocycles. The number of carbonyl (C=O) groups is 2. The highest BCUT2D eigenvalue weighted by atomic mass is 16.5. The van der Waals surface area contributed by atoms with Crippen LogP contribution in [0.5, 0.6) is 5.75 Å². The minimum Gasteiger partial charge on any atom is -0.493 e. The summed E-state index contributed by atoms with van der Waals surface area (Å²) in [7, 11) is 0. The number of morpholine rings is 1. The Morgan fingerprint density at radius 2 is 1.66 bits per heavy atom.